The SMILES string of the molecule is Cc1cc(C)c(N2c3cnncc3Oc3cccnc32)c(C)c1. The Morgan fingerprint density at radius 2 is 1.70 bits per heavy atom. The van der Waals surface area contributed by atoms with Crippen LogP contribution in [0.5, 0.6) is 11.5 Å². The number of ether oxygens (including phenoxy) is 1. The van der Waals surface area contributed by atoms with Crippen LogP contribution >= 0.6 is 0 Å². The Bertz CT molecular complexity index is 839. The molecule has 0 spiro atoms. The highest BCUT2D eigenvalue weighted by Crippen LogP contribution is 2.49. The molecule has 5 heteroatoms. The summed E-state index contributed by atoms with van der Waals surface area (Å²) in [7, 11) is 0. The van der Waals surface area contributed by atoms with Crippen molar-refractivity contribution in [1.29, 1.82) is 0 Å². The van der Waals surface area contributed by atoms with Gasteiger partial charge in [0.15, 0.2) is 17.3 Å². The Morgan fingerprint density at radius 1 is 0.957 bits per heavy atom. The molecule has 0 amide bonds. The maximum Gasteiger partial charge on any atom is 0.181 e. The average Bonchev–Trinajstić information content (AvgIpc) is 2.53. The van der Waals surface area contributed by atoms with Gasteiger partial charge in [0.1, 0.15) is 5.69 Å². The quantitative estimate of drug-likeness (QED) is 0.522. The number of fused-ring (bicyclic) bond motifs is 2. The van der Waals surface area contributed by atoms with Gasteiger partial charge in [-0.1, -0.05) is 17.7 Å². The van der Waals surface area contributed by atoms with Crippen molar-refractivity contribution in [2.45, 2.75) is 20.8 Å². The fraction of sp³-hybridized carbons (Fsp3) is 0.167. The van der Waals surface area contributed by atoms with Crippen molar-refractivity contribution in [3.05, 3.63) is 59.5 Å². The predicted octanol–water partition coefficient (Wildman–Crippen LogP) is 4.37. The molecular formula is C18H16N4O. The normalized spacial score (nSPS) is 12.4. The summed E-state index contributed by atoms with van der Waals surface area (Å²) in [5, 5.41) is 7.96. The van der Waals surface area contributed by atoms with E-state index in [9.17, 15) is 0 Å². The average molecular weight is 304 g/mol. The lowest BCUT2D eigenvalue weighted by Gasteiger charge is -2.32. The van der Waals surface area contributed by atoms with Crippen molar-refractivity contribution in [3.8, 4) is 11.5 Å². The number of rotatable bonds is 1. The molecule has 114 valence electrons. The summed E-state index contributed by atoms with van der Waals surface area (Å²) < 4.78 is 5.93. The number of hydrogen-bond donors (Lipinski definition) is 0. The van der Waals surface area contributed by atoms with Crippen molar-refractivity contribution >= 4 is 17.2 Å². The first-order valence-electron chi connectivity index (χ1n) is 7.46. The molecule has 23 heavy (non-hydrogen) atoms. The van der Waals surface area contributed by atoms with E-state index in [0.29, 0.717) is 11.5 Å². The number of aromatic nitrogens is 3. The second-order valence-electron chi connectivity index (χ2n) is 5.75. The van der Waals surface area contributed by atoms with E-state index < -0.39 is 0 Å². The van der Waals surface area contributed by atoms with Gasteiger partial charge < -0.3 is 4.74 Å². The van der Waals surface area contributed by atoms with E-state index in [1.807, 2.05) is 12.1 Å². The van der Waals surface area contributed by atoms with Crippen molar-refractivity contribution in [2.75, 3.05) is 4.90 Å². The van der Waals surface area contributed by atoms with Gasteiger partial charge in [-0.3, -0.25) is 4.90 Å². The van der Waals surface area contributed by atoms with Crippen molar-refractivity contribution in [3.63, 3.8) is 0 Å². The van der Waals surface area contributed by atoms with Gasteiger partial charge in [0.25, 0.3) is 0 Å². The van der Waals surface area contributed by atoms with Gasteiger partial charge in [0.05, 0.1) is 18.1 Å². The Labute approximate surface area is 134 Å². The summed E-state index contributed by atoms with van der Waals surface area (Å²) in [6.07, 6.45) is 5.12. The van der Waals surface area contributed by atoms with Crippen molar-refractivity contribution < 1.29 is 4.74 Å². The molecule has 0 radical (unpaired) electrons. The molecule has 0 saturated heterocycles. The molecule has 0 atom stereocenters. The highest BCUT2D eigenvalue weighted by molar-refractivity contribution is 5.86. The van der Waals surface area contributed by atoms with Crippen LogP contribution < -0.4 is 9.64 Å². The van der Waals surface area contributed by atoms with Crippen LogP contribution in [0, 0.1) is 20.8 Å². The zero-order chi connectivity index (χ0) is 16.0. The number of aryl methyl sites for hydroxylation is 3. The summed E-state index contributed by atoms with van der Waals surface area (Å²) in [5.41, 5.74) is 5.56. The molecule has 1 aliphatic rings. The van der Waals surface area contributed by atoms with Gasteiger partial charge in [-0.05, 0) is 44.0 Å². The van der Waals surface area contributed by atoms with Crippen LogP contribution in [0.2, 0.25) is 0 Å². The minimum absolute atomic E-state index is 0.680. The predicted molar refractivity (Wildman–Crippen MR) is 88.8 cm³/mol. The summed E-state index contributed by atoms with van der Waals surface area (Å²) in [5.74, 6) is 2.16. The van der Waals surface area contributed by atoms with Gasteiger partial charge in [-0.2, -0.15) is 10.2 Å². The number of benzene rings is 1. The Kier molecular flexibility index (Phi) is 3.01. The van der Waals surface area contributed by atoms with E-state index in [-0.39, 0.29) is 0 Å². The van der Waals surface area contributed by atoms with Crippen LogP contribution in [0.15, 0.2) is 42.9 Å². The van der Waals surface area contributed by atoms with E-state index in [2.05, 4.69) is 53.0 Å². The molecule has 0 saturated carbocycles. The van der Waals surface area contributed by atoms with E-state index in [1.165, 1.54) is 16.7 Å². The smallest absolute Gasteiger partial charge is 0.181 e. The largest absolute Gasteiger partial charge is 0.449 e. The summed E-state index contributed by atoms with van der Waals surface area (Å²) in [4.78, 5) is 6.64. The monoisotopic (exact) mass is 304 g/mol. The van der Waals surface area contributed by atoms with Crippen molar-refractivity contribution in [2.24, 2.45) is 0 Å². The molecule has 4 rings (SSSR count). The van der Waals surface area contributed by atoms with Gasteiger partial charge in [0.2, 0.25) is 0 Å². The first-order chi connectivity index (χ1) is 11.1. The van der Waals surface area contributed by atoms with E-state index in [4.69, 9.17) is 4.74 Å². The molecule has 0 N–H and O–H groups in total. The van der Waals surface area contributed by atoms with Gasteiger partial charge >= 0.3 is 0 Å². The standard InChI is InChI=1S/C18H16N4O/c1-11-7-12(2)17(13(3)8-11)22-14-9-20-21-10-16(14)23-15-5-4-6-19-18(15)22/h4-10H,1-3H3. The summed E-state index contributed by atoms with van der Waals surface area (Å²) in [6.45, 7) is 6.33. The van der Waals surface area contributed by atoms with Crippen LogP contribution in [0.1, 0.15) is 16.7 Å². The molecule has 2 aromatic heterocycles. The van der Waals surface area contributed by atoms with Crippen LogP contribution in [0.25, 0.3) is 0 Å². The lowest BCUT2D eigenvalue weighted by molar-refractivity contribution is 0.469. The molecule has 5 nitrogen and oxygen atoms in total. The number of pyridine rings is 1. The molecule has 3 aromatic rings. The van der Waals surface area contributed by atoms with Crippen LogP contribution in [0.3, 0.4) is 0 Å². The molecule has 0 aliphatic carbocycles. The van der Waals surface area contributed by atoms with E-state index in [1.54, 1.807) is 18.6 Å². The fourth-order valence-corrected chi connectivity index (χ4v) is 3.16. The second-order valence-corrected chi connectivity index (χ2v) is 5.75. The third kappa shape index (κ3) is 2.12. The molecule has 0 fully saturated rings. The minimum atomic E-state index is 0.680. The Hall–Kier alpha value is -2.95. The molecule has 0 bridgehead atoms. The molecule has 0 unspecified atom stereocenters. The maximum absolute atomic E-state index is 5.93. The molecule has 1 aromatic carbocycles. The molecular weight excluding hydrogens is 288 g/mol. The topological polar surface area (TPSA) is 51.1 Å². The van der Waals surface area contributed by atoms with Gasteiger partial charge in [-0.15, -0.1) is 0 Å². The first-order valence-corrected chi connectivity index (χ1v) is 7.46. The molecule has 1 aliphatic heterocycles. The third-order valence-corrected chi connectivity index (χ3v) is 3.96. The zero-order valence-corrected chi connectivity index (χ0v) is 13.2. The highest BCUT2D eigenvalue weighted by atomic mass is 16.5. The van der Waals surface area contributed by atoms with Crippen molar-refractivity contribution in [1.82, 2.24) is 15.2 Å². The number of hydrogen-bond acceptors (Lipinski definition) is 5. The Morgan fingerprint density at radius 3 is 2.48 bits per heavy atom. The van der Waals surface area contributed by atoms with Crippen LogP contribution in [0.4, 0.5) is 17.2 Å². The molecule has 3 heterocycles. The van der Waals surface area contributed by atoms with Gasteiger partial charge in [-0.25, -0.2) is 4.98 Å². The summed E-state index contributed by atoms with van der Waals surface area (Å²) >= 11 is 0. The summed E-state index contributed by atoms with van der Waals surface area (Å²) in [6, 6.07) is 8.13. The van der Waals surface area contributed by atoms with Gasteiger partial charge in [0, 0.05) is 6.20 Å². The number of nitrogens with zero attached hydrogens (tertiary/aromatic N) is 4. The minimum Gasteiger partial charge on any atom is -0.449 e. The maximum atomic E-state index is 5.93. The lowest BCUT2D eigenvalue weighted by Crippen LogP contribution is -2.19. The number of anilines is 3. The Balaban J connectivity index is 2.02. The lowest BCUT2D eigenvalue weighted by atomic mass is 10.0. The van der Waals surface area contributed by atoms with Crippen LogP contribution in [-0.4, -0.2) is 15.2 Å². The second kappa shape index (κ2) is 5.05. The highest BCUT2D eigenvalue weighted by Gasteiger charge is 2.29. The zero-order valence-electron chi connectivity index (χ0n) is 13.2. The van der Waals surface area contributed by atoms with Crippen LogP contribution in [-0.2, 0) is 0 Å². The fourth-order valence-electron chi connectivity index (χ4n) is 3.16. The van der Waals surface area contributed by atoms with E-state index >= 15 is 0 Å². The third-order valence-electron chi connectivity index (χ3n) is 3.96. The first kappa shape index (κ1) is 13.7. The van der Waals surface area contributed by atoms with E-state index in [0.717, 1.165) is 17.2 Å².